The van der Waals surface area contributed by atoms with Crippen LogP contribution in [0.25, 0.3) is 0 Å². The average molecular weight is 550 g/mol. The second kappa shape index (κ2) is 11.3. The van der Waals surface area contributed by atoms with Crippen LogP contribution in [0.1, 0.15) is 27.7 Å². The summed E-state index contributed by atoms with van der Waals surface area (Å²) in [4.78, 5) is 46.6. The van der Waals surface area contributed by atoms with Gasteiger partial charge in [0.15, 0.2) is 12.2 Å². The maximum Gasteiger partial charge on any atom is 0.303 e. The zero-order valence-corrected chi connectivity index (χ0v) is 19.5. The first kappa shape index (κ1) is 24.9. The van der Waals surface area contributed by atoms with Gasteiger partial charge >= 0.3 is 23.9 Å². The highest BCUT2D eigenvalue weighted by atomic mass is 127. The molecule has 10 nitrogen and oxygen atoms in total. The van der Waals surface area contributed by atoms with E-state index < -0.39 is 54.6 Å². The largest absolute Gasteiger partial charge is 0.463 e. The molecule has 0 N–H and O–H groups in total. The van der Waals surface area contributed by atoms with Gasteiger partial charge in [0.2, 0.25) is 12.4 Å². The van der Waals surface area contributed by atoms with Gasteiger partial charge in [0.25, 0.3) is 0 Å². The van der Waals surface area contributed by atoms with Crippen molar-refractivity contribution in [3.63, 3.8) is 0 Å². The highest BCUT2D eigenvalue weighted by molar-refractivity contribution is 14.1. The lowest BCUT2D eigenvalue weighted by Gasteiger charge is -2.43. The quantitative estimate of drug-likeness (QED) is 0.282. The fraction of sp³-hybridized carbons (Fsp3) is 0.500. The molecule has 1 saturated heterocycles. The fourth-order valence-electron chi connectivity index (χ4n) is 2.96. The van der Waals surface area contributed by atoms with E-state index in [2.05, 4.69) is 22.6 Å². The number of ether oxygens (including phenoxy) is 6. The van der Waals surface area contributed by atoms with Crippen molar-refractivity contribution in [2.45, 2.75) is 58.4 Å². The van der Waals surface area contributed by atoms with E-state index in [1.807, 2.05) is 6.07 Å². The SMILES string of the molecule is CC(=O)OCC1O[C@H](Oc2cccc(I)c2)C(OC(C)=O)C(OC(C)=O)[C@@H]1OC(C)=O. The van der Waals surface area contributed by atoms with Gasteiger partial charge in [-0.25, -0.2) is 0 Å². The van der Waals surface area contributed by atoms with E-state index in [9.17, 15) is 19.2 Å². The van der Waals surface area contributed by atoms with Crippen LogP contribution in [0.3, 0.4) is 0 Å². The first-order valence-corrected chi connectivity index (χ1v) is 10.4. The number of rotatable bonds is 7. The molecule has 0 aliphatic carbocycles. The summed E-state index contributed by atoms with van der Waals surface area (Å²) in [5.74, 6) is -2.29. The molecule has 0 bridgehead atoms. The summed E-state index contributed by atoms with van der Waals surface area (Å²) in [6.07, 6.45) is -6.07. The van der Waals surface area contributed by atoms with Gasteiger partial charge in [0, 0.05) is 31.3 Å². The highest BCUT2D eigenvalue weighted by Crippen LogP contribution is 2.31. The number of hydrogen-bond acceptors (Lipinski definition) is 10. The van der Waals surface area contributed by atoms with Gasteiger partial charge in [-0.2, -0.15) is 0 Å². The molecule has 3 unspecified atom stereocenters. The molecule has 170 valence electrons. The monoisotopic (exact) mass is 550 g/mol. The van der Waals surface area contributed by atoms with Crippen molar-refractivity contribution in [3.05, 3.63) is 27.8 Å². The molecule has 2 rings (SSSR count). The molecule has 0 radical (unpaired) electrons. The second-order valence-electron chi connectivity index (χ2n) is 6.64. The van der Waals surface area contributed by atoms with Crippen LogP contribution in [-0.4, -0.2) is 61.2 Å². The van der Waals surface area contributed by atoms with Gasteiger partial charge in [-0.05, 0) is 40.8 Å². The van der Waals surface area contributed by atoms with Crippen LogP contribution in [-0.2, 0) is 42.9 Å². The summed E-state index contributed by atoms with van der Waals surface area (Å²) < 4.78 is 33.6. The molecule has 11 heteroatoms. The molecule has 0 spiro atoms. The maximum absolute atomic E-state index is 11.8. The zero-order valence-electron chi connectivity index (χ0n) is 17.4. The molecule has 1 aromatic carbocycles. The molecular formula is C20H23IO10. The summed E-state index contributed by atoms with van der Waals surface area (Å²) >= 11 is 2.10. The lowest BCUT2D eigenvalue weighted by Crippen LogP contribution is -2.63. The van der Waals surface area contributed by atoms with E-state index in [1.54, 1.807) is 18.2 Å². The Morgan fingerprint density at radius 2 is 1.45 bits per heavy atom. The van der Waals surface area contributed by atoms with Crippen LogP contribution in [0.4, 0.5) is 0 Å². The van der Waals surface area contributed by atoms with Crippen molar-refractivity contribution in [1.82, 2.24) is 0 Å². The first-order valence-electron chi connectivity index (χ1n) is 9.29. The number of carbonyl (C=O) groups excluding carboxylic acids is 4. The Labute approximate surface area is 192 Å². The van der Waals surface area contributed by atoms with Crippen molar-refractivity contribution in [1.29, 1.82) is 0 Å². The van der Waals surface area contributed by atoms with Gasteiger partial charge in [-0.1, -0.05) is 6.07 Å². The summed E-state index contributed by atoms with van der Waals surface area (Å²) in [7, 11) is 0. The minimum Gasteiger partial charge on any atom is -0.463 e. The van der Waals surface area contributed by atoms with Crippen molar-refractivity contribution >= 4 is 46.5 Å². The molecule has 5 atom stereocenters. The third-order valence-corrected chi connectivity index (χ3v) is 4.67. The average Bonchev–Trinajstić information content (AvgIpc) is 2.64. The first-order chi connectivity index (χ1) is 14.6. The van der Waals surface area contributed by atoms with E-state index >= 15 is 0 Å². The zero-order chi connectivity index (χ0) is 23.1. The number of halogens is 1. The van der Waals surface area contributed by atoms with E-state index in [1.165, 1.54) is 13.8 Å². The standard InChI is InChI=1S/C20H23IO10/c1-10(22)26-9-16-17(27-11(2)23)18(28-12(3)24)19(29-13(4)25)20(31-16)30-15-7-5-6-14(21)8-15/h5-8,16-20H,9H2,1-4H3/t16?,17-,18?,19?,20+/m1/s1. The molecule has 1 aromatic rings. The lowest BCUT2D eigenvalue weighted by molar-refractivity contribution is -0.288. The van der Waals surface area contributed by atoms with Gasteiger partial charge in [-0.15, -0.1) is 0 Å². The van der Waals surface area contributed by atoms with Crippen molar-refractivity contribution in [2.24, 2.45) is 0 Å². The summed E-state index contributed by atoms with van der Waals surface area (Å²) in [6, 6.07) is 6.98. The number of esters is 4. The van der Waals surface area contributed by atoms with E-state index in [0.29, 0.717) is 5.75 Å². The highest BCUT2D eigenvalue weighted by Gasteiger charge is 2.53. The second-order valence-corrected chi connectivity index (χ2v) is 7.89. The van der Waals surface area contributed by atoms with Crippen molar-refractivity contribution < 1.29 is 47.6 Å². The summed E-state index contributed by atoms with van der Waals surface area (Å²) in [5, 5.41) is 0. The molecule has 1 heterocycles. The van der Waals surface area contributed by atoms with Crippen LogP contribution in [0.15, 0.2) is 24.3 Å². The normalized spacial score (nSPS) is 25.1. The third kappa shape index (κ3) is 7.65. The van der Waals surface area contributed by atoms with E-state index in [-0.39, 0.29) is 6.61 Å². The molecular weight excluding hydrogens is 527 g/mol. The van der Waals surface area contributed by atoms with Gasteiger partial charge in [0.05, 0.1) is 0 Å². The van der Waals surface area contributed by atoms with Crippen LogP contribution >= 0.6 is 22.6 Å². The van der Waals surface area contributed by atoms with Crippen LogP contribution in [0.2, 0.25) is 0 Å². The van der Waals surface area contributed by atoms with E-state index in [0.717, 1.165) is 17.4 Å². The molecule has 0 amide bonds. The van der Waals surface area contributed by atoms with Gasteiger partial charge in [-0.3, -0.25) is 19.2 Å². The molecule has 0 aromatic heterocycles. The Bertz CT molecular complexity index is 826. The summed E-state index contributed by atoms with van der Waals surface area (Å²) in [5.41, 5.74) is 0. The Balaban J connectivity index is 2.44. The molecule has 31 heavy (non-hydrogen) atoms. The predicted molar refractivity (Wildman–Crippen MR) is 112 cm³/mol. The van der Waals surface area contributed by atoms with Gasteiger partial charge in [0.1, 0.15) is 18.5 Å². The van der Waals surface area contributed by atoms with Crippen LogP contribution in [0, 0.1) is 3.57 Å². The number of hydrogen-bond donors (Lipinski definition) is 0. The lowest BCUT2D eigenvalue weighted by atomic mass is 9.98. The molecule has 1 fully saturated rings. The molecule has 1 aliphatic rings. The van der Waals surface area contributed by atoms with Gasteiger partial charge < -0.3 is 28.4 Å². The molecule has 0 saturated carbocycles. The smallest absolute Gasteiger partial charge is 0.303 e. The van der Waals surface area contributed by atoms with Crippen molar-refractivity contribution in [2.75, 3.05) is 6.61 Å². The Hall–Kier alpha value is -2.41. The number of carbonyl (C=O) groups is 4. The van der Waals surface area contributed by atoms with E-state index in [4.69, 9.17) is 28.4 Å². The Kier molecular flexibility index (Phi) is 9.04. The minimum atomic E-state index is -1.27. The van der Waals surface area contributed by atoms with Crippen LogP contribution < -0.4 is 4.74 Å². The fourth-order valence-corrected chi connectivity index (χ4v) is 3.47. The topological polar surface area (TPSA) is 124 Å². The third-order valence-electron chi connectivity index (χ3n) is 4.00. The number of benzene rings is 1. The van der Waals surface area contributed by atoms with Crippen LogP contribution in [0.5, 0.6) is 5.75 Å². The van der Waals surface area contributed by atoms with Crippen molar-refractivity contribution in [3.8, 4) is 5.75 Å². The Morgan fingerprint density at radius 3 is 2.00 bits per heavy atom. The minimum absolute atomic E-state index is 0.315. The predicted octanol–water partition coefficient (Wildman–Crippen LogP) is 1.75. The maximum atomic E-state index is 11.8. The molecule has 1 aliphatic heterocycles. The Morgan fingerprint density at radius 1 is 0.871 bits per heavy atom. The summed E-state index contributed by atoms with van der Waals surface area (Å²) in [6.45, 7) is 4.36.